The summed E-state index contributed by atoms with van der Waals surface area (Å²) in [4.78, 5) is 20.8. The topological polar surface area (TPSA) is 80.5 Å². The monoisotopic (exact) mass is 548 g/mol. The van der Waals surface area contributed by atoms with Crippen LogP contribution in [0.2, 0.25) is 10.0 Å². The third-order valence-electron chi connectivity index (χ3n) is 5.13. The van der Waals surface area contributed by atoms with Crippen LogP contribution in [-0.2, 0) is 9.53 Å². The van der Waals surface area contributed by atoms with Crippen LogP contribution in [0.5, 0.6) is 0 Å². The lowest BCUT2D eigenvalue weighted by Crippen LogP contribution is -2.34. The van der Waals surface area contributed by atoms with Crippen molar-refractivity contribution in [1.82, 2.24) is 14.5 Å². The Balaban J connectivity index is 1.77. The van der Waals surface area contributed by atoms with E-state index in [1.807, 2.05) is 0 Å². The van der Waals surface area contributed by atoms with E-state index in [0.717, 1.165) is 0 Å². The summed E-state index contributed by atoms with van der Waals surface area (Å²) in [6.07, 6.45) is 4.27. The van der Waals surface area contributed by atoms with Gasteiger partial charge in [-0.1, -0.05) is 23.2 Å². The second-order valence-electron chi connectivity index (χ2n) is 7.41. The molecule has 2 aromatic heterocycles. The molecule has 0 spiro atoms. The number of rotatable bonds is 7. The third kappa shape index (κ3) is 4.68. The fourth-order valence-electron chi connectivity index (χ4n) is 3.69. The van der Waals surface area contributed by atoms with E-state index in [4.69, 9.17) is 33.0 Å². The van der Waals surface area contributed by atoms with E-state index in [-0.39, 0.29) is 35.5 Å². The first-order valence-corrected chi connectivity index (χ1v) is 11.1. The smallest absolute Gasteiger partial charge is 0.305 e. The van der Waals surface area contributed by atoms with Crippen LogP contribution in [0.15, 0.2) is 35.3 Å². The fraction of sp³-hybridized carbons (Fsp3) is 0.350. The predicted molar refractivity (Wildman–Crippen MR) is 120 cm³/mol. The van der Waals surface area contributed by atoms with Gasteiger partial charge in [0.15, 0.2) is 0 Å². The number of hydrogen-bond acceptors (Lipinski definition) is 5. The summed E-state index contributed by atoms with van der Waals surface area (Å²) in [6.45, 7) is -0.673. The van der Waals surface area contributed by atoms with E-state index in [1.54, 1.807) is 35.4 Å². The molecule has 12 heteroatoms. The van der Waals surface area contributed by atoms with Crippen molar-refractivity contribution >= 4 is 61.8 Å². The molecule has 32 heavy (non-hydrogen) atoms. The van der Waals surface area contributed by atoms with Crippen molar-refractivity contribution in [3.63, 3.8) is 0 Å². The van der Waals surface area contributed by atoms with Gasteiger partial charge in [0.2, 0.25) is 0 Å². The minimum atomic E-state index is -2.95. The largest absolute Gasteiger partial charge is 0.481 e. The van der Waals surface area contributed by atoms with Crippen molar-refractivity contribution in [3.05, 3.63) is 45.4 Å². The first kappa shape index (κ1) is 23.2. The van der Waals surface area contributed by atoms with Crippen molar-refractivity contribution < 1.29 is 23.4 Å². The molecule has 0 saturated carbocycles. The number of imidazole rings is 1. The molecular weight excluding hydrogens is 533 g/mol. The van der Waals surface area contributed by atoms with E-state index >= 15 is 0 Å². The standard InChI is InChI=1S/C20H17BrCl2F2N4O3/c21-13-5-12-14(28-3-2-26-10-28)6-15(27-19(12)18(23)17(13)22)29-9-20(24,25)7-11(29)8-32-4-1-16(30)31/h2-3,5-6,10-11H,1,4,7-9H2,(H,30,31)/t11-/m0/s1. The number of benzene rings is 1. The van der Waals surface area contributed by atoms with Crippen LogP contribution in [0.1, 0.15) is 12.8 Å². The van der Waals surface area contributed by atoms with E-state index in [2.05, 4.69) is 25.9 Å². The molecule has 7 nitrogen and oxygen atoms in total. The van der Waals surface area contributed by atoms with Crippen molar-refractivity contribution in [2.75, 3.05) is 24.7 Å². The molecule has 0 bridgehead atoms. The van der Waals surface area contributed by atoms with Crippen molar-refractivity contribution in [3.8, 4) is 5.69 Å². The molecule has 1 aromatic carbocycles. The van der Waals surface area contributed by atoms with Gasteiger partial charge in [-0.2, -0.15) is 0 Å². The Hall–Kier alpha value is -2.01. The second-order valence-corrected chi connectivity index (χ2v) is 9.02. The number of carbonyl (C=O) groups is 1. The summed E-state index contributed by atoms with van der Waals surface area (Å²) in [5, 5.41) is 9.87. The molecule has 3 heterocycles. The molecule has 3 aromatic rings. The van der Waals surface area contributed by atoms with Crippen LogP contribution in [0.3, 0.4) is 0 Å². The van der Waals surface area contributed by atoms with Crippen LogP contribution in [0.4, 0.5) is 14.6 Å². The lowest BCUT2D eigenvalue weighted by atomic mass is 10.1. The van der Waals surface area contributed by atoms with Crippen LogP contribution < -0.4 is 4.90 Å². The highest BCUT2D eigenvalue weighted by atomic mass is 79.9. The lowest BCUT2D eigenvalue weighted by Gasteiger charge is -2.26. The molecule has 0 aliphatic carbocycles. The Bertz CT molecular complexity index is 1160. The third-order valence-corrected chi connectivity index (χ3v) is 6.84. The Morgan fingerprint density at radius 1 is 1.34 bits per heavy atom. The van der Waals surface area contributed by atoms with Gasteiger partial charge in [0.1, 0.15) is 5.82 Å². The van der Waals surface area contributed by atoms with Crippen molar-refractivity contribution in [1.29, 1.82) is 0 Å². The fourth-order valence-corrected chi connectivity index (χ4v) is 4.62. The summed E-state index contributed by atoms with van der Waals surface area (Å²) in [5.74, 6) is -3.68. The van der Waals surface area contributed by atoms with Crippen molar-refractivity contribution in [2.45, 2.75) is 24.8 Å². The zero-order valence-electron chi connectivity index (χ0n) is 16.4. The SMILES string of the molecule is O=C(O)CCOC[C@@H]1CC(F)(F)CN1c1cc(-n2ccnc2)c2cc(Br)c(Cl)c(Cl)c2n1. The van der Waals surface area contributed by atoms with E-state index in [9.17, 15) is 13.6 Å². The summed E-state index contributed by atoms with van der Waals surface area (Å²) in [6, 6.07) is 2.76. The highest BCUT2D eigenvalue weighted by molar-refractivity contribution is 9.10. The number of halogens is 5. The van der Waals surface area contributed by atoms with E-state index in [1.165, 1.54) is 4.90 Å². The summed E-state index contributed by atoms with van der Waals surface area (Å²) in [5.41, 5.74) is 1.00. The summed E-state index contributed by atoms with van der Waals surface area (Å²) >= 11 is 16.1. The lowest BCUT2D eigenvalue weighted by molar-refractivity contribution is -0.138. The Labute approximate surface area is 200 Å². The predicted octanol–water partition coefficient (Wildman–Crippen LogP) is 5.20. The Morgan fingerprint density at radius 3 is 2.81 bits per heavy atom. The first-order chi connectivity index (χ1) is 15.2. The highest BCUT2D eigenvalue weighted by Gasteiger charge is 2.45. The van der Waals surface area contributed by atoms with E-state index in [0.29, 0.717) is 21.1 Å². The maximum atomic E-state index is 14.4. The summed E-state index contributed by atoms with van der Waals surface area (Å²) in [7, 11) is 0. The molecule has 1 N–H and O–H groups in total. The molecular formula is C20H17BrCl2F2N4O3. The number of pyridine rings is 1. The maximum Gasteiger partial charge on any atom is 0.305 e. The summed E-state index contributed by atoms with van der Waals surface area (Å²) < 4.78 is 36.4. The van der Waals surface area contributed by atoms with Gasteiger partial charge in [-0.15, -0.1) is 0 Å². The number of anilines is 1. The van der Waals surface area contributed by atoms with Gasteiger partial charge in [0.05, 0.1) is 59.8 Å². The molecule has 4 rings (SSSR count). The number of hydrogen-bond donors (Lipinski definition) is 1. The number of alkyl halides is 2. The molecule has 170 valence electrons. The molecule has 0 unspecified atom stereocenters. The molecule has 0 amide bonds. The Kier molecular flexibility index (Phi) is 6.58. The van der Waals surface area contributed by atoms with Crippen LogP contribution in [0, 0.1) is 0 Å². The average molecular weight is 550 g/mol. The molecule has 1 aliphatic rings. The van der Waals surface area contributed by atoms with Gasteiger partial charge in [0, 0.05) is 34.7 Å². The van der Waals surface area contributed by atoms with E-state index < -0.39 is 30.9 Å². The van der Waals surface area contributed by atoms with Crippen LogP contribution in [0.25, 0.3) is 16.6 Å². The minimum absolute atomic E-state index is 0.0577. The second kappa shape index (κ2) is 9.09. The average Bonchev–Trinajstić information content (AvgIpc) is 3.36. The minimum Gasteiger partial charge on any atom is -0.481 e. The number of carboxylic acid groups (broad SMARTS) is 1. The normalized spacial score (nSPS) is 17.9. The molecule has 1 aliphatic heterocycles. The van der Waals surface area contributed by atoms with Gasteiger partial charge in [-0.25, -0.2) is 18.7 Å². The molecule has 1 atom stereocenters. The quantitative estimate of drug-likeness (QED) is 0.322. The van der Waals surface area contributed by atoms with Gasteiger partial charge in [0.25, 0.3) is 5.92 Å². The van der Waals surface area contributed by atoms with Crippen LogP contribution in [-0.4, -0.2) is 57.3 Å². The highest BCUT2D eigenvalue weighted by Crippen LogP contribution is 2.41. The van der Waals surface area contributed by atoms with Gasteiger partial charge in [-0.05, 0) is 22.0 Å². The first-order valence-electron chi connectivity index (χ1n) is 9.57. The van der Waals surface area contributed by atoms with Gasteiger partial charge in [-0.3, -0.25) is 4.79 Å². The number of nitrogens with zero attached hydrogens (tertiary/aromatic N) is 4. The molecule has 1 fully saturated rings. The maximum absolute atomic E-state index is 14.4. The number of aliphatic carboxylic acids is 1. The molecule has 0 radical (unpaired) electrons. The number of fused-ring (bicyclic) bond motifs is 1. The van der Waals surface area contributed by atoms with Crippen molar-refractivity contribution in [2.24, 2.45) is 0 Å². The number of ether oxygens (including phenoxy) is 1. The zero-order chi connectivity index (χ0) is 23.0. The zero-order valence-corrected chi connectivity index (χ0v) is 19.5. The van der Waals surface area contributed by atoms with Gasteiger partial charge >= 0.3 is 5.97 Å². The number of aromatic nitrogens is 3. The van der Waals surface area contributed by atoms with Crippen LogP contribution >= 0.6 is 39.1 Å². The number of carboxylic acids is 1. The Morgan fingerprint density at radius 2 is 2.12 bits per heavy atom. The van der Waals surface area contributed by atoms with Gasteiger partial charge < -0.3 is 19.3 Å². The molecule has 1 saturated heterocycles.